The second-order valence-corrected chi connectivity index (χ2v) is 13.5. The number of allylic oxidation sites excluding steroid dienone is 4. The van der Waals surface area contributed by atoms with Crippen LogP contribution in [0, 0.1) is 0 Å². The van der Waals surface area contributed by atoms with E-state index in [1.807, 2.05) is 0 Å². The first-order valence-electron chi connectivity index (χ1n) is 16.8. The Morgan fingerprint density at radius 3 is 2.44 bits per heavy atom. The van der Waals surface area contributed by atoms with Crippen LogP contribution in [0.1, 0.15) is 122 Å². The number of nitrogens with zero attached hydrogens (tertiary/aromatic N) is 2. The number of hydrogen-bond donors (Lipinski definition) is 0. The van der Waals surface area contributed by atoms with Crippen LogP contribution in [0.5, 0.6) is 0 Å². The van der Waals surface area contributed by atoms with Gasteiger partial charge in [-0.3, -0.25) is 0 Å². The number of aromatic nitrogens is 1. The van der Waals surface area contributed by atoms with Crippen molar-refractivity contribution in [1.29, 1.82) is 0 Å². The van der Waals surface area contributed by atoms with Crippen molar-refractivity contribution in [1.82, 2.24) is 0 Å². The molecule has 3 aromatic rings. The maximum Gasteiger partial charge on any atom is 0.221 e. The van der Waals surface area contributed by atoms with E-state index in [1.165, 1.54) is 62.8 Å². The topological polar surface area (TPSA) is 6.89 Å². The molecule has 0 saturated carbocycles. The molecule has 226 valence electrons. The summed E-state index contributed by atoms with van der Waals surface area (Å²) in [4.78, 5) is 0. The largest absolute Gasteiger partial charge is 0.221 e. The second-order valence-electron chi connectivity index (χ2n) is 13.5. The van der Waals surface area contributed by atoms with Crippen LogP contribution in [-0.2, 0) is 17.4 Å². The molecular weight excluding hydrogens is 520 g/mol. The van der Waals surface area contributed by atoms with Gasteiger partial charge in [0, 0.05) is 36.8 Å². The maximum atomic E-state index is 4.56. The highest BCUT2D eigenvalue weighted by atomic mass is 15.1. The Labute approximate surface area is 261 Å². The van der Waals surface area contributed by atoms with Crippen molar-refractivity contribution >= 4 is 16.5 Å². The lowest BCUT2D eigenvalue weighted by Crippen LogP contribution is -2.62. The van der Waals surface area contributed by atoms with Gasteiger partial charge in [0.2, 0.25) is 5.69 Å². The van der Waals surface area contributed by atoms with E-state index in [2.05, 4.69) is 139 Å². The van der Waals surface area contributed by atoms with E-state index < -0.39 is 0 Å². The predicted octanol–water partition coefficient (Wildman–Crippen LogP) is 10.3. The molecule has 0 radical (unpaired) electrons. The van der Waals surface area contributed by atoms with Crippen molar-refractivity contribution in [2.45, 2.75) is 117 Å². The first-order chi connectivity index (χ1) is 20.6. The first kappa shape index (κ1) is 31.2. The normalized spacial score (nSPS) is 18.7. The van der Waals surface area contributed by atoms with Crippen LogP contribution in [0.3, 0.4) is 0 Å². The van der Waals surface area contributed by atoms with Gasteiger partial charge in [-0.1, -0.05) is 84.0 Å². The van der Waals surface area contributed by atoms with Crippen LogP contribution in [0.2, 0.25) is 0 Å². The quantitative estimate of drug-likeness (QED) is 0.122. The number of benzene rings is 2. The molecule has 1 aliphatic heterocycles. The zero-order valence-electron chi connectivity index (χ0n) is 28.4. The fraction of sp³-hybridized carbons (Fsp3) is 0.463. The van der Waals surface area contributed by atoms with Gasteiger partial charge in [0.05, 0.1) is 16.9 Å². The summed E-state index contributed by atoms with van der Waals surface area (Å²) in [6, 6.07) is 14.7. The van der Waals surface area contributed by atoms with Gasteiger partial charge in [-0.25, -0.2) is 4.58 Å². The molecule has 0 amide bonds. The molecule has 0 spiro atoms. The summed E-state index contributed by atoms with van der Waals surface area (Å²) in [7, 11) is 2.12. The molecule has 1 unspecified atom stereocenters. The third-order valence-electron chi connectivity index (χ3n) is 11.1. The molecule has 2 aromatic carbocycles. The molecule has 43 heavy (non-hydrogen) atoms. The van der Waals surface area contributed by atoms with Gasteiger partial charge in [-0.15, -0.1) is 0 Å². The smallest absolute Gasteiger partial charge is 0.205 e. The molecule has 2 heteroatoms. The summed E-state index contributed by atoms with van der Waals surface area (Å²) in [5.74, 6) is 0.421. The molecule has 1 atom stereocenters. The fourth-order valence-corrected chi connectivity index (χ4v) is 8.41. The minimum Gasteiger partial charge on any atom is -0.205 e. The maximum absolute atomic E-state index is 4.56. The number of hydrogen-bond acceptors (Lipinski definition) is 0. The molecule has 2 heterocycles. The van der Waals surface area contributed by atoms with Crippen molar-refractivity contribution in [3.05, 3.63) is 101 Å². The third kappa shape index (κ3) is 4.86. The van der Waals surface area contributed by atoms with Crippen LogP contribution in [0.4, 0.5) is 0 Å². The van der Waals surface area contributed by atoms with Gasteiger partial charge in [0.1, 0.15) is 7.05 Å². The van der Waals surface area contributed by atoms with Crippen molar-refractivity contribution in [2.75, 3.05) is 7.05 Å². The summed E-state index contributed by atoms with van der Waals surface area (Å²) in [6.45, 7) is 23.0. The van der Waals surface area contributed by atoms with Gasteiger partial charge in [0.25, 0.3) is 0 Å². The van der Waals surface area contributed by atoms with Gasteiger partial charge < -0.3 is 0 Å². The SMILES string of the molecule is C=C(C(=CC)CCC1c2cccc3c2-c2c4c(cc(CCCC)cc4cc[n+]2C1(CC)CC)C3(C)C)C(C)=[N+](C)C=CC. The summed E-state index contributed by atoms with van der Waals surface area (Å²) >= 11 is 0. The van der Waals surface area contributed by atoms with Gasteiger partial charge in [-0.05, 0) is 78.8 Å². The van der Waals surface area contributed by atoms with Gasteiger partial charge >= 0.3 is 0 Å². The Hall–Kier alpha value is -3.26. The summed E-state index contributed by atoms with van der Waals surface area (Å²) in [5, 5.41) is 2.89. The molecular formula is C41H54N2+2. The van der Waals surface area contributed by atoms with Crippen LogP contribution >= 0.6 is 0 Å². The molecule has 1 aliphatic carbocycles. The highest BCUT2D eigenvalue weighted by Gasteiger charge is 2.54. The van der Waals surface area contributed by atoms with Crippen molar-refractivity contribution < 1.29 is 9.14 Å². The standard InChI is InChI=1S/C41H54N2/c1-11-16-18-30-26-32-23-25-43-39-37(32)36(27-30)40(8,9)35-20-17-19-33(38(35)39)34(41(43,14-4)15-5)22-21-31(13-3)28(6)29(7)42(10)24-12-2/h12-13,17,19-20,23-27,34H,6,11,14-16,18,21-22H2,1-5,7-10H3/q+2. The molecule has 0 N–H and O–H groups in total. The number of aryl methyl sites for hydroxylation is 1. The van der Waals surface area contributed by atoms with E-state index in [0.29, 0.717) is 5.92 Å². The predicted molar refractivity (Wildman–Crippen MR) is 185 cm³/mol. The third-order valence-corrected chi connectivity index (χ3v) is 11.1. The molecule has 2 aliphatic rings. The highest BCUT2D eigenvalue weighted by Crippen LogP contribution is 2.56. The van der Waals surface area contributed by atoms with Crippen LogP contribution in [0.25, 0.3) is 22.0 Å². The molecule has 0 fully saturated rings. The minimum atomic E-state index is -0.0484. The lowest BCUT2D eigenvalue weighted by Gasteiger charge is -2.45. The summed E-state index contributed by atoms with van der Waals surface area (Å²) in [5.41, 5.74) is 12.7. The second kappa shape index (κ2) is 12.0. The lowest BCUT2D eigenvalue weighted by atomic mass is 9.62. The summed E-state index contributed by atoms with van der Waals surface area (Å²) < 4.78 is 4.92. The average Bonchev–Trinajstić information content (AvgIpc) is 3.01. The Morgan fingerprint density at radius 1 is 1.05 bits per heavy atom. The monoisotopic (exact) mass is 574 g/mol. The Morgan fingerprint density at radius 2 is 1.79 bits per heavy atom. The fourth-order valence-electron chi connectivity index (χ4n) is 8.41. The van der Waals surface area contributed by atoms with Crippen LogP contribution in [0.15, 0.2) is 78.7 Å². The van der Waals surface area contributed by atoms with Crippen LogP contribution < -0.4 is 4.57 Å². The average molecular weight is 575 g/mol. The summed E-state index contributed by atoms with van der Waals surface area (Å²) in [6.07, 6.45) is 16.9. The van der Waals surface area contributed by atoms with E-state index in [4.69, 9.17) is 0 Å². The molecule has 0 saturated heterocycles. The highest BCUT2D eigenvalue weighted by molar-refractivity contribution is 6.01. The van der Waals surface area contributed by atoms with Gasteiger partial charge in [-0.2, -0.15) is 4.57 Å². The first-order valence-corrected chi connectivity index (χ1v) is 16.8. The minimum absolute atomic E-state index is 0.0233. The lowest BCUT2D eigenvalue weighted by molar-refractivity contribution is -0.762. The molecule has 0 bridgehead atoms. The molecule has 1 aromatic heterocycles. The zero-order chi connectivity index (χ0) is 31.1. The van der Waals surface area contributed by atoms with E-state index in [0.717, 1.165) is 37.7 Å². The van der Waals surface area contributed by atoms with E-state index in [1.54, 1.807) is 5.56 Å². The van der Waals surface area contributed by atoms with E-state index >= 15 is 0 Å². The van der Waals surface area contributed by atoms with Crippen LogP contribution in [-0.4, -0.2) is 17.3 Å². The van der Waals surface area contributed by atoms with E-state index in [9.17, 15) is 0 Å². The Bertz CT molecular complexity index is 1650. The zero-order valence-corrected chi connectivity index (χ0v) is 28.4. The van der Waals surface area contributed by atoms with Crippen molar-refractivity contribution in [2.24, 2.45) is 0 Å². The number of unbranched alkanes of at least 4 members (excludes halogenated alkanes) is 1. The Kier molecular flexibility index (Phi) is 8.72. The molecule has 5 rings (SSSR count). The van der Waals surface area contributed by atoms with Crippen molar-refractivity contribution in [3.63, 3.8) is 0 Å². The Balaban J connectivity index is 1.69. The van der Waals surface area contributed by atoms with Gasteiger partial charge in [0.15, 0.2) is 23.6 Å². The van der Waals surface area contributed by atoms with E-state index in [-0.39, 0.29) is 11.0 Å². The number of pyridine rings is 1. The number of rotatable bonds is 11. The van der Waals surface area contributed by atoms with Crippen molar-refractivity contribution in [3.8, 4) is 11.3 Å². The molecule has 2 nitrogen and oxygen atoms in total.